The van der Waals surface area contributed by atoms with E-state index in [1.165, 1.54) is 23.2 Å². The number of hydrogen-bond acceptors (Lipinski definition) is 4. The lowest BCUT2D eigenvalue weighted by Crippen LogP contribution is -2.53. The lowest BCUT2D eigenvalue weighted by Gasteiger charge is -2.35. The molecule has 0 atom stereocenters. The van der Waals surface area contributed by atoms with Crippen LogP contribution in [-0.2, 0) is 0 Å². The molecule has 1 aromatic heterocycles. The Labute approximate surface area is 102 Å². The first-order valence-electron chi connectivity index (χ1n) is 5.40. The van der Waals surface area contributed by atoms with Crippen LogP contribution in [0.4, 0.5) is 8.78 Å². The average Bonchev–Trinajstić information content (AvgIpc) is 2.32. The van der Waals surface area contributed by atoms with Gasteiger partial charge in [-0.1, -0.05) is 0 Å². The topological polar surface area (TPSA) is 62.7 Å². The Morgan fingerprint density at radius 2 is 2.33 bits per heavy atom. The third kappa shape index (κ3) is 2.92. The molecule has 0 radical (unpaired) electrons. The zero-order valence-electron chi connectivity index (χ0n) is 9.42. The number of carbonyl (C=O) groups is 1. The number of amides is 1. The summed E-state index contributed by atoms with van der Waals surface area (Å²) in [5.74, 6) is -0.285. The van der Waals surface area contributed by atoms with Crippen molar-refractivity contribution >= 4 is 5.91 Å². The second kappa shape index (κ2) is 5.26. The zero-order valence-corrected chi connectivity index (χ0v) is 9.42. The van der Waals surface area contributed by atoms with Crippen LogP contribution < -0.4 is 4.74 Å². The molecule has 98 valence electrons. The Hall–Kier alpha value is -1.76. The number of nitrogens with zero attached hydrogens (tertiary/aromatic N) is 2. The van der Waals surface area contributed by atoms with Crippen molar-refractivity contribution in [3.63, 3.8) is 0 Å². The summed E-state index contributed by atoms with van der Waals surface area (Å²) in [6, 6.07) is 2.79. The summed E-state index contributed by atoms with van der Waals surface area (Å²) in [5.41, 5.74) is 0.307. The molecule has 0 unspecified atom stereocenters. The van der Waals surface area contributed by atoms with Gasteiger partial charge in [-0.05, 0) is 6.07 Å². The largest absolute Gasteiger partial charge is 0.472 e. The van der Waals surface area contributed by atoms with E-state index < -0.39 is 19.1 Å². The van der Waals surface area contributed by atoms with Crippen molar-refractivity contribution in [2.75, 3.05) is 19.7 Å². The number of aliphatic hydroxyl groups is 1. The molecule has 5 nitrogen and oxygen atoms in total. The van der Waals surface area contributed by atoms with Gasteiger partial charge in [0.15, 0.2) is 6.61 Å². The summed E-state index contributed by atoms with van der Waals surface area (Å²) in [4.78, 5) is 17.0. The number of halogens is 2. The number of rotatable bonds is 4. The fraction of sp³-hybridized carbons (Fsp3) is 0.455. The molecule has 0 spiro atoms. The molecule has 0 bridgehead atoms. The second-order valence-electron chi connectivity index (χ2n) is 3.95. The lowest BCUT2D eigenvalue weighted by atomic mass is 10.1. The molecule has 1 saturated heterocycles. The highest BCUT2D eigenvalue weighted by Gasteiger charge is 2.29. The van der Waals surface area contributed by atoms with Gasteiger partial charge in [-0.25, -0.2) is 13.8 Å². The van der Waals surface area contributed by atoms with Crippen LogP contribution in [-0.4, -0.2) is 53.1 Å². The molecule has 7 heteroatoms. The molecule has 0 aromatic carbocycles. The standard InChI is InChI=1S/C11H12F2N2O3/c12-9(13)6-18-10-3-7(1-2-14-10)11(17)15-4-8(16)5-15/h1-3,8-9,16H,4-6H2. The monoisotopic (exact) mass is 258 g/mol. The molecule has 1 aromatic rings. The van der Waals surface area contributed by atoms with E-state index in [2.05, 4.69) is 4.98 Å². The summed E-state index contributed by atoms with van der Waals surface area (Å²) in [6.45, 7) is -0.185. The number of alkyl halides is 2. The van der Waals surface area contributed by atoms with Crippen LogP contribution in [0.25, 0.3) is 0 Å². The lowest BCUT2D eigenvalue weighted by molar-refractivity contribution is 0.00585. The number of aliphatic hydroxyl groups excluding tert-OH is 1. The van der Waals surface area contributed by atoms with Crippen LogP contribution in [0, 0.1) is 0 Å². The smallest absolute Gasteiger partial charge is 0.272 e. The fourth-order valence-corrected chi connectivity index (χ4v) is 1.57. The number of carbonyl (C=O) groups excluding carboxylic acids is 1. The number of β-amino-alcohol motifs (C(OH)–C–C–N with tert-alkyl or cyclic N) is 1. The van der Waals surface area contributed by atoms with E-state index in [1.54, 1.807) is 0 Å². The number of aromatic nitrogens is 1. The molecular weight excluding hydrogens is 246 g/mol. The molecule has 0 saturated carbocycles. The van der Waals surface area contributed by atoms with Crippen LogP contribution in [0.1, 0.15) is 10.4 Å². The average molecular weight is 258 g/mol. The van der Waals surface area contributed by atoms with E-state index in [0.717, 1.165) is 0 Å². The van der Waals surface area contributed by atoms with Gasteiger partial charge in [0.2, 0.25) is 5.88 Å². The Kier molecular flexibility index (Phi) is 3.71. The Balaban J connectivity index is 2.00. The molecule has 1 aliphatic heterocycles. The molecule has 1 amide bonds. The molecule has 1 fully saturated rings. The van der Waals surface area contributed by atoms with E-state index in [1.807, 2.05) is 0 Å². The van der Waals surface area contributed by atoms with Gasteiger partial charge in [-0.2, -0.15) is 0 Å². The number of hydrogen-bond donors (Lipinski definition) is 1. The van der Waals surface area contributed by atoms with Gasteiger partial charge in [0.05, 0.1) is 6.10 Å². The van der Waals surface area contributed by atoms with Gasteiger partial charge in [-0.3, -0.25) is 4.79 Å². The second-order valence-corrected chi connectivity index (χ2v) is 3.95. The normalized spacial score (nSPS) is 15.7. The number of likely N-dealkylation sites (tertiary alicyclic amines) is 1. The zero-order chi connectivity index (χ0) is 13.1. The SMILES string of the molecule is O=C(c1ccnc(OCC(F)F)c1)N1CC(O)C1. The number of ether oxygens (including phenoxy) is 1. The van der Waals surface area contributed by atoms with Crippen LogP contribution in [0.15, 0.2) is 18.3 Å². The maximum atomic E-state index is 12.0. The van der Waals surface area contributed by atoms with Crippen molar-refractivity contribution in [3.8, 4) is 5.88 Å². The predicted octanol–water partition coefficient (Wildman–Crippen LogP) is 0.542. The van der Waals surface area contributed by atoms with Crippen LogP contribution in [0.2, 0.25) is 0 Å². The Morgan fingerprint density at radius 1 is 1.61 bits per heavy atom. The number of pyridine rings is 1. The van der Waals surface area contributed by atoms with Crippen LogP contribution in [0.3, 0.4) is 0 Å². The minimum Gasteiger partial charge on any atom is -0.472 e. The van der Waals surface area contributed by atoms with E-state index in [9.17, 15) is 13.6 Å². The molecule has 2 rings (SSSR count). The fourth-order valence-electron chi connectivity index (χ4n) is 1.57. The van der Waals surface area contributed by atoms with Gasteiger partial charge in [0.25, 0.3) is 12.3 Å². The molecular formula is C11H12F2N2O3. The van der Waals surface area contributed by atoms with Crippen molar-refractivity contribution in [3.05, 3.63) is 23.9 Å². The highest BCUT2D eigenvalue weighted by Crippen LogP contribution is 2.16. The molecule has 0 aliphatic carbocycles. The van der Waals surface area contributed by atoms with Gasteiger partial charge in [-0.15, -0.1) is 0 Å². The minimum absolute atomic E-state index is 0.0118. The van der Waals surface area contributed by atoms with E-state index >= 15 is 0 Å². The summed E-state index contributed by atoms with van der Waals surface area (Å²) < 4.78 is 28.6. The molecule has 2 heterocycles. The third-order valence-corrected chi connectivity index (χ3v) is 2.49. The van der Waals surface area contributed by atoms with Crippen molar-refractivity contribution < 1.29 is 23.4 Å². The maximum Gasteiger partial charge on any atom is 0.272 e. The first-order chi connectivity index (χ1) is 8.56. The van der Waals surface area contributed by atoms with Crippen molar-refractivity contribution in [2.24, 2.45) is 0 Å². The van der Waals surface area contributed by atoms with Crippen LogP contribution in [0.5, 0.6) is 5.88 Å². The van der Waals surface area contributed by atoms with Gasteiger partial charge in [0, 0.05) is 30.9 Å². The maximum absolute atomic E-state index is 12.0. The first-order valence-corrected chi connectivity index (χ1v) is 5.40. The summed E-state index contributed by atoms with van der Waals surface area (Å²) in [5, 5.41) is 9.10. The first kappa shape index (κ1) is 12.7. The highest BCUT2D eigenvalue weighted by atomic mass is 19.3. The Morgan fingerprint density at radius 3 is 2.94 bits per heavy atom. The minimum atomic E-state index is -2.59. The van der Waals surface area contributed by atoms with Gasteiger partial charge < -0.3 is 14.7 Å². The van der Waals surface area contributed by atoms with Gasteiger partial charge >= 0.3 is 0 Å². The molecule has 18 heavy (non-hydrogen) atoms. The van der Waals surface area contributed by atoms with Crippen molar-refractivity contribution in [1.82, 2.24) is 9.88 Å². The summed E-state index contributed by atoms with van der Waals surface area (Å²) in [6.07, 6.45) is -1.74. The molecule has 1 N–H and O–H groups in total. The summed E-state index contributed by atoms with van der Waals surface area (Å²) in [7, 11) is 0. The van der Waals surface area contributed by atoms with E-state index in [-0.39, 0.29) is 24.9 Å². The third-order valence-electron chi connectivity index (χ3n) is 2.49. The van der Waals surface area contributed by atoms with Crippen LogP contribution >= 0.6 is 0 Å². The van der Waals surface area contributed by atoms with Gasteiger partial charge in [0.1, 0.15) is 0 Å². The molecule has 1 aliphatic rings. The van der Waals surface area contributed by atoms with Crippen molar-refractivity contribution in [2.45, 2.75) is 12.5 Å². The van der Waals surface area contributed by atoms with E-state index in [4.69, 9.17) is 9.84 Å². The highest BCUT2D eigenvalue weighted by molar-refractivity contribution is 5.95. The van der Waals surface area contributed by atoms with Crippen molar-refractivity contribution in [1.29, 1.82) is 0 Å². The van der Waals surface area contributed by atoms with E-state index in [0.29, 0.717) is 5.56 Å². The quantitative estimate of drug-likeness (QED) is 0.856. The Bertz CT molecular complexity index is 436. The predicted molar refractivity (Wildman–Crippen MR) is 57.6 cm³/mol. The summed E-state index contributed by atoms with van der Waals surface area (Å²) >= 11 is 0.